The normalized spacial score (nSPS) is 18.6. The Hall–Kier alpha value is -4.37. The van der Waals surface area contributed by atoms with Crippen LogP contribution in [-0.4, -0.2) is 108 Å². The van der Waals surface area contributed by atoms with Crippen molar-refractivity contribution in [3.63, 3.8) is 0 Å². The smallest absolute Gasteiger partial charge is 0.265 e. The van der Waals surface area contributed by atoms with Crippen LogP contribution < -0.4 is 26.4 Å². The Morgan fingerprint density at radius 2 is 1.65 bits per heavy atom. The fraction of sp³-hybridized carbons (Fsp3) is 0.558. The van der Waals surface area contributed by atoms with E-state index >= 15 is 0 Å². The number of carbonyl (C=O) groups excluding carboxylic acids is 4. The standard InChI is InChI=1S/C43H62N8O5S/c1-7-8-9-20-45-48-40(54)33-16-18-34(19-17-33)50-24-22-49(23-25-50)21-10-11-37(53)47-39(43(4,5)6)42(56)51-27-35(52)26-36(51)41(55)46-29(2)31-12-14-32(15-13-31)38-30(3)44-28-57-38/h12-19,28-29,35-36,39,45,52H,7-11,20-27H2,1-6H3,(H,46,55)(H,47,53)(H,48,54)/t29-,35+,36-,39+/m0/s1. The summed E-state index contributed by atoms with van der Waals surface area (Å²) in [5, 5.41) is 16.7. The maximum atomic E-state index is 14.1. The van der Waals surface area contributed by atoms with Gasteiger partial charge in [-0.25, -0.2) is 10.4 Å². The maximum Gasteiger partial charge on any atom is 0.265 e. The lowest BCUT2D eigenvalue weighted by molar-refractivity contribution is -0.144. The lowest BCUT2D eigenvalue weighted by atomic mass is 9.85. The summed E-state index contributed by atoms with van der Waals surface area (Å²) in [4.78, 5) is 65.0. The Balaban J connectivity index is 1.07. The van der Waals surface area contributed by atoms with E-state index in [-0.39, 0.29) is 49.1 Å². The molecule has 2 aliphatic rings. The highest BCUT2D eigenvalue weighted by molar-refractivity contribution is 7.13. The van der Waals surface area contributed by atoms with Gasteiger partial charge in [0, 0.05) is 63.4 Å². The van der Waals surface area contributed by atoms with Crippen LogP contribution in [0.5, 0.6) is 0 Å². The number of carbonyl (C=O) groups is 4. The SMILES string of the molecule is CCCCCNNC(=O)c1ccc(N2CCN(CCCC(=O)N[C@H](C(=O)N3C[C@H](O)C[C@H]3C(=O)N[C@@H](C)c3ccc(-c4scnc4C)cc3)C(C)(C)C)CC2)cc1. The molecule has 1 aromatic heterocycles. The van der Waals surface area contributed by atoms with Gasteiger partial charge in [-0.3, -0.25) is 29.5 Å². The minimum absolute atomic E-state index is 0.0266. The number of hydrogen-bond acceptors (Lipinski definition) is 10. The fourth-order valence-corrected chi connectivity index (χ4v) is 8.26. The van der Waals surface area contributed by atoms with Crippen LogP contribution >= 0.6 is 11.3 Å². The molecule has 3 aromatic rings. The maximum absolute atomic E-state index is 14.1. The number of amides is 4. The second kappa shape index (κ2) is 20.4. The van der Waals surface area contributed by atoms with E-state index in [4.69, 9.17) is 0 Å². The number of unbranched alkanes of at least 4 members (excludes halogenated alkanes) is 2. The first-order valence-electron chi connectivity index (χ1n) is 20.4. The van der Waals surface area contributed by atoms with Crippen LogP contribution in [0.2, 0.25) is 0 Å². The molecule has 14 heteroatoms. The van der Waals surface area contributed by atoms with Crippen molar-refractivity contribution in [2.75, 3.05) is 50.7 Å². The molecular formula is C43H62N8O5S. The van der Waals surface area contributed by atoms with Gasteiger partial charge < -0.3 is 25.5 Å². The monoisotopic (exact) mass is 802 g/mol. The molecule has 0 spiro atoms. The summed E-state index contributed by atoms with van der Waals surface area (Å²) in [7, 11) is 0. The molecule has 2 aromatic carbocycles. The Bertz CT molecular complexity index is 1790. The lowest BCUT2D eigenvalue weighted by Crippen LogP contribution is -2.57. The molecule has 3 heterocycles. The first kappa shape index (κ1) is 43.7. The minimum Gasteiger partial charge on any atom is -0.391 e. The number of piperazine rings is 1. The predicted octanol–water partition coefficient (Wildman–Crippen LogP) is 4.82. The summed E-state index contributed by atoms with van der Waals surface area (Å²) in [5.41, 5.74) is 11.6. The molecule has 0 radical (unpaired) electrons. The first-order chi connectivity index (χ1) is 27.2. The number of aliphatic hydroxyl groups is 1. The number of aryl methyl sites for hydroxylation is 1. The van der Waals surface area contributed by atoms with Gasteiger partial charge in [0.15, 0.2) is 0 Å². The summed E-state index contributed by atoms with van der Waals surface area (Å²) >= 11 is 1.59. The highest BCUT2D eigenvalue weighted by atomic mass is 32.1. The highest BCUT2D eigenvalue weighted by Crippen LogP contribution is 2.30. The fourth-order valence-electron chi connectivity index (χ4n) is 7.44. The molecule has 2 fully saturated rings. The molecular weight excluding hydrogens is 741 g/mol. The molecule has 57 heavy (non-hydrogen) atoms. The lowest BCUT2D eigenvalue weighted by Gasteiger charge is -2.36. The number of hydrogen-bond donors (Lipinski definition) is 5. The van der Waals surface area contributed by atoms with Crippen molar-refractivity contribution in [3.8, 4) is 10.4 Å². The molecule has 0 aliphatic carbocycles. The van der Waals surface area contributed by atoms with Crippen molar-refractivity contribution in [2.45, 2.75) is 104 Å². The van der Waals surface area contributed by atoms with Gasteiger partial charge >= 0.3 is 0 Å². The van der Waals surface area contributed by atoms with E-state index in [1.807, 2.05) is 88.7 Å². The molecule has 4 amide bonds. The van der Waals surface area contributed by atoms with Crippen molar-refractivity contribution in [3.05, 3.63) is 70.9 Å². The van der Waals surface area contributed by atoms with Crippen molar-refractivity contribution >= 4 is 40.7 Å². The predicted molar refractivity (Wildman–Crippen MR) is 226 cm³/mol. The van der Waals surface area contributed by atoms with E-state index in [9.17, 15) is 24.3 Å². The van der Waals surface area contributed by atoms with Crippen LogP contribution in [0, 0.1) is 12.3 Å². The number of aliphatic hydroxyl groups excluding tert-OH is 1. The molecule has 310 valence electrons. The zero-order valence-electron chi connectivity index (χ0n) is 34.5. The number of likely N-dealkylation sites (tertiary alicyclic amines) is 1. The van der Waals surface area contributed by atoms with E-state index in [1.54, 1.807) is 11.3 Å². The summed E-state index contributed by atoms with van der Waals surface area (Å²) in [6.45, 7) is 16.6. The van der Waals surface area contributed by atoms with Gasteiger partial charge in [-0.2, -0.15) is 0 Å². The van der Waals surface area contributed by atoms with Crippen molar-refractivity contribution < 1.29 is 24.3 Å². The highest BCUT2D eigenvalue weighted by Gasteiger charge is 2.44. The first-order valence-corrected chi connectivity index (χ1v) is 21.3. The number of benzene rings is 2. The van der Waals surface area contributed by atoms with Gasteiger partial charge in [0.2, 0.25) is 17.7 Å². The molecule has 4 atom stereocenters. The third-order valence-electron chi connectivity index (χ3n) is 10.9. The molecule has 2 aliphatic heterocycles. The molecule has 5 N–H and O–H groups in total. The van der Waals surface area contributed by atoms with Crippen molar-refractivity contribution in [1.82, 2.24) is 36.3 Å². The van der Waals surface area contributed by atoms with Gasteiger partial charge in [0.25, 0.3) is 5.91 Å². The van der Waals surface area contributed by atoms with Crippen molar-refractivity contribution in [1.29, 1.82) is 0 Å². The van der Waals surface area contributed by atoms with Gasteiger partial charge in [-0.1, -0.05) is 64.8 Å². The number of hydrazine groups is 1. The van der Waals surface area contributed by atoms with E-state index in [2.05, 4.69) is 43.2 Å². The van der Waals surface area contributed by atoms with E-state index < -0.39 is 23.6 Å². The largest absolute Gasteiger partial charge is 0.391 e. The zero-order chi connectivity index (χ0) is 41.1. The van der Waals surface area contributed by atoms with Crippen LogP contribution in [0.15, 0.2) is 54.0 Å². The van der Waals surface area contributed by atoms with E-state index in [1.165, 1.54) is 4.90 Å². The van der Waals surface area contributed by atoms with Crippen LogP contribution in [0.4, 0.5) is 5.69 Å². The number of nitrogens with zero attached hydrogens (tertiary/aromatic N) is 4. The number of thiazole rings is 1. The molecule has 13 nitrogen and oxygen atoms in total. The molecule has 5 rings (SSSR count). The molecule has 2 saturated heterocycles. The van der Waals surface area contributed by atoms with E-state index in [0.29, 0.717) is 12.0 Å². The van der Waals surface area contributed by atoms with Gasteiger partial charge in [-0.05, 0) is 74.0 Å². The molecule has 0 unspecified atom stereocenters. The number of rotatable bonds is 17. The Morgan fingerprint density at radius 1 is 0.947 bits per heavy atom. The number of anilines is 1. The van der Waals surface area contributed by atoms with Gasteiger partial charge in [0.05, 0.1) is 28.2 Å². The van der Waals surface area contributed by atoms with Crippen LogP contribution in [0.25, 0.3) is 10.4 Å². The topological polar surface area (TPSA) is 159 Å². The summed E-state index contributed by atoms with van der Waals surface area (Å²) in [6, 6.07) is 13.6. The summed E-state index contributed by atoms with van der Waals surface area (Å²) < 4.78 is 0. The summed E-state index contributed by atoms with van der Waals surface area (Å²) in [6.07, 6.45) is 3.48. The number of aromatic nitrogens is 1. The third-order valence-corrected chi connectivity index (χ3v) is 11.9. The number of β-amino-alcohol motifs (C(OH)–C–C–N with tert-alkyl or cyclic N) is 1. The van der Waals surface area contributed by atoms with Crippen LogP contribution in [-0.2, 0) is 14.4 Å². The molecule has 0 saturated carbocycles. The average molecular weight is 803 g/mol. The summed E-state index contributed by atoms with van der Waals surface area (Å²) in [5.74, 6) is -1.06. The van der Waals surface area contributed by atoms with Gasteiger partial charge in [-0.15, -0.1) is 11.3 Å². The minimum atomic E-state index is -0.867. The Labute approximate surface area is 342 Å². The molecule has 0 bridgehead atoms. The second-order valence-electron chi connectivity index (χ2n) is 16.4. The average Bonchev–Trinajstić information content (AvgIpc) is 3.81. The second-order valence-corrected chi connectivity index (χ2v) is 17.3. The van der Waals surface area contributed by atoms with Crippen molar-refractivity contribution in [2.24, 2.45) is 5.41 Å². The zero-order valence-corrected chi connectivity index (χ0v) is 35.3. The van der Waals surface area contributed by atoms with Crippen LogP contribution in [0.1, 0.15) is 101 Å². The third kappa shape index (κ3) is 12.1. The van der Waals surface area contributed by atoms with E-state index in [0.717, 1.165) is 85.9 Å². The Kier molecular flexibility index (Phi) is 15.6. The Morgan fingerprint density at radius 3 is 2.28 bits per heavy atom. The quantitative estimate of drug-likeness (QED) is 0.0954. The number of nitrogens with one attached hydrogen (secondary N) is 4. The van der Waals surface area contributed by atoms with Gasteiger partial charge in [0.1, 0.15) is 12.1 Å². The van der Waals surface area contributed by atoms with Crippen LogP contribution in [0.3, 0.4) is 0 Å².